The zero-order valence-corrected chi connectivity index (χ0v) is 5.71. The average Bonchev–Trinajstić information content (AvgIpc) is 2.66. The van der Waals surface area contributed by atoms with Gasteiger partial charge < -0.3 is 16.4 Å². The Morgan fingerprint density at radius 2 is 1.78 bits per heavy atom. The summed E-state index contributed by atoms with van der Waals surface area (Å²) in [6.45, 7) is 5.06. The van der Waals surface area contributed by atoms with Gasteiger partial charge >= 0.3 is 0 Å². The predicted molar refractivity (Wildman–Crippen MR) is 38.0 cm³/mol. The Labute approximate surface area is 56.0 Å². The van der Waals surface area contributed by atoms with Gasteiger partial charge in [0.05, 0.1) is 0 Å². The van der Waals surface area contributed by atoms with Gasteiger partial charge in [0.15, 0.2) is 0 Å². The molecule has 0 radical (unpaired) electrons. The van der Waals surface area contributed by atoms with Gasteiger partial charge in [0, 0.05) is 19.6 Å². The van der Waals surface area contributed by atoms with E-state index in [9.17, 15) is 0 Å². The molecule has 0 aromatic rings. The number of rotatable bonds is 4. The lowest BCUT2D eigenvalue weighted by atomic mass is 10.1. The molecule has 0 spiro atoms. The first-order valence-corrected chi connectivity index (χ1v) is 3.49. The molecule has 1 rings (SSSR count). The van der Waals surface area contributed by atoms with Crippen LogP contribution < -0.4 is 11.5 Å². The summed E-state index contributed by atoms with van der Waals surface area (Å²) in [5, 5.41) is 0. The molecule has 1 saturated heterocycles. The number of hydrogen-bond donors (Lipinski definition) is 2. The Bertz CT molecular complexity index is 76.4. The van der Waals surface area contributed by atoms with Gasteiger partial charge in [0.25, 0.3) is 0 Å². The van der Waals surface area contributed by atoms with Crippen molar-refractivity contribution in [1.82, 2.24) is 4.90 Å². The maximum atomic E-state index is 5.45. The second-order valence-electron chi connectivity index (χ2n) is 2.64. The summed E-state index contributed by atoms with van der Waals surface area (Å²) in [7, 11) is 0. The fourth-order valence-electron chi connectivity index (χ4n) is 0.864. The highest BCUT2D eigenvalue weighted by molar-refractivity contribution is 4.76. The van der Waals surface area contributed by atoms with E-state index in [2.05, 4.69) is 4.90 Å². The first-order valence-electron chi connectivity index (χ1n) is 3.49. The minimum atomic E-state index is 0.521. The molecule has 1 fully saturated rings. The van der Waals surface area contributed by atoms with Crippen LogP contribution in [0.15, 0.2) is 0 Å². The molecule has 0 saturated carbocycles. The molecular formula is C6H15N3. The summed E-state index contributed by atoms with van der Waals surface area (Å²) in [4.78, 5) is 2.35. The van der Waals surface area contributed by atoms with Crippen molar-refractivity contribution in [3.05, 3.63) is 0 Å². The SMILES string of the molecule is NCC(CN)CN1CC1. The smallest absolute Gasteiger partial charge is 0.0110 e. The number of nitrogens with zero attached hydrogens (tertiary/aromatic N) is 1. The van der Waals surface area contributed by atoms with Crippen LogP contribution in [0.5, 0.6) is 0 Å². The van der Waals surface area contributed by atoms with Gasteiger partial charge in [0.2, 0.25) is 0 Å². The molecule has 1 aliphatic heterocycles. The third kappa shape index (κ3) is 2.30. The Morgan fingerprint density at radius 3 is 2.11 bits per heavy atom. The van der Waals surface area contributed by atoms with Crippen LogP contribution in [0.3, 0.4) is 0 Å². The van der Waals surface area contributed by atoms with Crippen molar-refractivity contribution in [1.29, 1.82) is 0 Å². The van der Waals surface area contributed by atoms with Crippen LogP contribution in [0, 0.1) is 5.92 Å². The maximum absolute atomic E-state index is 5.45. The monoisotopic (exact) mass is 129 g/mol. The van der Waals surface area contributed by atoms with E-state index in [1.54, 1.807) is 0 Å². The minimum Gasteiger partial charge on any atom is -0.330 e. The Balaban J connectivity index is 2.05. The van der Waals surface area contributed by atoms with Crippen LogP contribution in [-0.2, 0) is 0 Å². The molecule has 0 aromatic carbocycles. The Kier molecular flexibility index (Phi) is 2.45. The summed E-state index contributed by atoms with van der Waals surface area (Å²) in [5.41, 5.74) is 10.9. The number of nitrogens with two attached hydrogens (primary N) is 2. The second-order valence-corrected chi connectivity index (χ2v) is 2.64. The molecule has 1 heterocycles. The summed E-state index contributed by atoms with van der Waals surface area (Å²) in [6, 6.07) is 0. The van der Waals surface area contributed by atoms with E-state index in [1.165, 1.54) is 13.1 Å². The Hall–Kier alpha value is -0.120. The van der Waals surface area contributed by atoms with E-state index in [0.717, 1.165) is 19.6 Å². The summed E-state index contributed by atoms with van der Waals surface area (Å²) < 4.78 is 0. The van der Waals surface area contributed by atoms with E-state index in [1.807, 2.05) is 0 Å². The van der Waals surface area contributed by atoms with Crippen LogP contribution >= 0.6 is 0 Å². The lowest BCUT2D eigenvalue weighted by Gasteiger charge is -2.10. The van der Waals surface area contributed by atoms with Gasteiger partial charge in [-0.05, 0) is 19.0 Å². The topological polar surface area (TPSA) is 55.0 Å². The standard InChI is InChI=1S/C6H15N3/c7-3-6(4-8)5-9-1-2-9/h6H,1-5,7-8H2. The minimum absolute atomic E-state index is 0.521. The highest BCUT2D eigenvalue weighted by atomic mass is 15.3. The molecule has 0 amide bonds. The van der Waals surface area contributed by atoms with Gasteiger partial charge in [-0.3, -0.25) is 0 Å². The zero-order chi connectivity index (χ0) is 6.69. The van der Waals surface area contributed by atoms with E-state index >= 15 is 0 Å². The third-order valence-electron chi connectivity index (χ3n) is 1.72. The second kappa shape index (κ2) is 3.15. The van der Waals surface area contributed by atoms with Crippen molar-refractivity contribution < 1.29 is 0 Å². The number of hydrogen-bond acceptors (Lipinski definition) is 3. The summed E-state index contributed by atoms with van der Waals surface area (Å²) in [5.74, 6) is 0.521. The molecule has 9 heavy (non-hydrogen) atoms. The highest BCUT2D eigenvalue weighted by Crippen LogP contribution is 2.06. The molecular weight excluding hydrogens is 114 g/mol. The third-order valence-corrected chi connectivity index (χ3v) is 1.72. The van der Waals surface area contributed by atoms with Crippen molar-refractivity contribution in [2.45, 2.75) is 0 Å². The molecule has 0 atom stereocenters. The molecule has 54 valence electrons. The van der Waals surface area contributed by atoms with E-state index in [0.29, 0.717) is 5.92 Å². The molecule has 0 aliphatic carbocycles. The van der Waals surface area contributed by atoms with Gasteiger partial charge in [-0.2, -0.15) is 0 Å². The van der Waals surface area contributed by atoms with Crippen molar-refractivity contribution in [2.24, 2.45) is 17.4 Å². The lowest BCUT2D eigenvalue weighted by Crippen LogP contribution is -2.29. The molecule has 1 aliphatic rings. The normalized spacial score (nSPS) is 19.0. The van der Waals surface area contributed by atoms with E-state index in [4.69, 9.17) is 11.5 Å². The van der Waals surface area contributed by atoms with Crippen molar-refractivity contribution >= 4 is 0 Å². The van der Waals surface area contributed by atoms with Gasteiger partial charge in [-0.1, -0.05) is 0 Å². The maximum Gasteiger partial charge on any atom is 0.0110 e. The van der Waals surface area contributed by atoms with E-state index < -0.39 is 0 Å². The lowest BCUT2D eigenvalue weighted by molar-refractivity contribution is 0.420. The quantitative estimate of drug-likeness (QED) is 0.471. The van der Waals surface area contributed by atoms with Crippen LogP contribution in [0.4, 0.5) is 0 Å². The summed E-state index contributed by atoms with van der Waals surface area (Å²) >= 11 is 0. The van der Waals surface area contributed by atoms with Crippen LogP contribution in [0.25, 0.3) is 0 Å². The molecule has 0 bridgehead atoms. The predicted octanol–water partition coefficient (Wildman–Crippen LogP) is -1.16. The Morgan fingerprint density at radius 1 is 1.22 bits per heavy atom. The van der Waals surface area contributed by atoms with Crippen LogP contribution in [-0.4, -0.2) is 37.6 Å². The van der Waals surface area contributed by atoms with E-state index in [-0.39, 0.29) is 0 Å². The molecule has 4 N–H and O–H groups in total. The fourth-order valence-corrected chi connectivity index (χ4v) is 0.864. The van der Waals surface area contributed by atoms with Crippen molar-refractivity contribution in [3.8, 4) is 0 Å². The molecule has 0 aromatic heterocycles. The highest BCUT2D eigenvalue weighted by Gasteiger charge is 2.19. The summed E-state index contributed by atoms with van der Waals surface area (Å²) in [6.07, 6.45) is 0. The molecule has 3 nitrogen and oxygen atoms in total. The first-order chi connectivity index (χ1) is 4.36. The van der Waals surface area contributed by atoms with Gasteiger partial charge in [0.1, 0.15) is 0 Å². The average molecular weight is 129 g/mol. The van der Waals surface area contributed by atoms with Crippen molar-refractivity contribution in [3.63, 3.8) is 0 Å². The van der Waals surface area contributed by atoms with Gasteiger partial charge in [-0.25, -0.2) is 0 Å². The largest absolute Gasteiger partial charge is 0.330 e. The fraction of sp³-hybridized carbons (Fsp3) is 1.00. The van der Waals surface area contributed by atoms with Crippen molar-refractivity contribution in [2.75, 3.05) is 32.7 Å². The molecule has 3 heteroatoms. The first kappa shape index (κ1) is 6.99. The van der Waals surface area contributed by atoms with Crippen LogP contribution in [0.1, 0.15) is 0 Å². The van der Waals surface area contributed by atoms with Gasteiger partial charge in [-0.15, -0.1) is 0 Å². The molecule has 0 unspecified atom stereocenters. The van der Waals surface area contributed by atoms with Crippen LogP contribution in [0.2, 0.25) is 0 Å². The zero-order valence-electron chi connectivity index (χ0n) is 5.71.